The molecule has 0 unspecified atom stereocenters. The maximum absolute atomic E-state index is 12.6. The van der Waals surface area contributed by atoms with E-state index in [4.69, 9.17) is 11.6 Å². The van der Waals surface area contributed by atoms with Gasteiger partial charge in [0.05, 0.1) is 0 Å². The van der Waals surface area contributed by atoms with Crippen molar-refractivity contribution in [1.29, 1.82) is 0 Å². The van der Waals surface area contributed by atoms with E-state index in [1.54, 1.807) is 35.2 Å². The highest BCUT2D eigenvalue weighted by Gasteiger charge is 2.27. The van der Waals surface area contributed by atoms with Crippen molar-refractivity contribution in [2.45, 2.75) is 26.3 Å². The maximum Gasteiger partial charge on any atom is 0.253 e. The van der Waals surface area contributed by atoms with Crippen molar-refractivity contribution in [2.24, 2.45) is 5.92 Å². The highest BCUT2D eigenvalue weighted by Crippen LogP contribution is 2.20. The zero-order valence-corrected chi connectivity index (χ0v) is 17.0. The fourth-order valence-electron chi connectivity index (χ4n) is 3.42. The second-order valence-corrected chi connectivity index (χ2v) is 7.61. The summed E-state index contributed by atoms with van der Waals surface area (Å²) in [6.45, 7) is 2.96. The lowest BCUT2D eigenvalue weighted by Crippen LogP contribution is -2.42. The van der Waals surface area contributed by atoms with E-state index in [0.717, 1.165) is 5.56 Å². The first-order valence-corrected chi connectivity index (χ1v) is 9.99. The van der Waals surface area contributed by atoms with Gasteiger partial charge in [-0.25, -0.2) is 0 Å². The third-order valence-electron chi connectivity index (χ3n) is 4.96. The molecule has 0 radical (unpaired) electrons. The van der Waals surface area contributed by atoms with Crippen LogP contribution in [0.4, 0.5) is 5.69 Å². The standard InChI is InChI=1S/C22H24ClN3O3/c1-15(27)25-20-4-2-3-16(13-20)14-24-21(28)17-9-11-26(12-10-17)22(29)18-5-7-19(23)8-6-18/h2-8,13,17H,9-12,14H2,1H3,(H,24,28)(H,25,27). The molecule has 152 valence electrons. The first-order chi connectivity index (χ1) is 13.9. The molecule has 7 heteroatoms. The SMILES string of the molecule is CC(=O)Nc1cccc(CNC(=O)C2CCN(C(=O)c3ccc(Cl)cc3)CC2)c1. The highest BCUT2D eigenvalue weighted by molar-refractivity contribution is 6.30. The Morgan fingerprint density at radius 1 is 1.07 bits per heavy atom. The van der Waals surface area contributed by atoms with Gasteiger partial charge in [0.15, 0.2) is 0 Å². The Morgan fingerprint density at radius 3 is 2.41 bits per heavy atom. The summed E-state index contributed by atoms with van der Waals surface area (Å²) in [4.78, 5) is 38.0. The molecule has 0 spiro atoms. The number of likely N-dealkylation sites (tertiary alicyclic amines) is 1. The van der Waals surface area contributed by atoms with Crippen LogP contribution < -0.4 is 10.6 Å². The van der Waals surface area contributed by atoms with Gasteiger partial charge in [0.25, 0.3) is 5.91 Å². The van der Waals surface area contributed by atoms with Crippen LogP contribution in [0.25, 0.3) is 0 Å². The number of anilines is 1. The number of nitrogens with zero attached hydrogens (tertiary/aromatic N) is 1. The lowest BCUT2D eigenvalue weighted by molar-refractivity contribution is -0.126. The van der Waals surface area contributed by atoms with Gasteiger partial charge in [-0.3, -0.25) is 14.4 Å². The minimum atomic E-state index is -0.133. The number of halogens is 1. The highest BCUT2D eigenvalue weighted by atomic mass is 35.5. The molecule has 0 saturated carbocycles. The Balaban J connectivity index is 1.48. The van der Waals surface area contributed by atoms with Crippen LogP contribution in [-0.4, -0.2) is 35.7 Å². The summed E-state index contributed by atoms with van der Waals surface area (Å²) >= 11 is 5.87. The molecule has 1 fully saturated rings. The number of carbonyl (C=O) groups excluding carboxylic acids is 3. The second kappa shape index (κ2) is 9.56. The molecule has 6 nitrogen and oxygen atoms in total. The van der Waals surface area contributed by atoms with E-state index >= 15 is 0 Å². The summed E-state index contributed by atoms with van der Waals surface area (Å²) in [6.07, 6.45) is 1.27. The molecular weight excluding hydrogens is 390 g/mol. The van der Waals surface area contributed by atoms with E-state index in [9.17, 15) is 14.4 Å². The van der Waals surface area contributed by atoms with Gasteiger partial charge in [-0.1, -0.05) is 23.7 Å². The molecular formula is C22H24ClN3O3. The van der Waals surface area contributed by atoms with E-state index in [1.165, 1.54) is 6.92 Å². The smallest absolute Gasteiger partial charge is 0.253 e. The van der Waals surface area contributed by atoms with Crippen LogP contribution in [-0.2, 0) is 16.1 Å². The molecule has 2 N–H and O–H groups in total. The second-order valence-electron chi connectivity index (χ2n) is 7.17. The predicted octanol–water partition coefficient (Wildman–Crippen LogP) is 3.47. The molecule has 0 bridgehead atoms. The number of benzene rings is 2. The number of amides is 3. The molecule has 2 aromatic rings. The first-order valence-electron chi connectivity index (χ1n) is 9.61. The Bertz CT molecular complexity index is 890. The fourth-order valence-corrected chi connectivity index (χ4v) is 3.54. The summed E-state index contributed by atoms with van der Waals surface area (Å²) in [5.74, 6) is -0.280. The normalized spacial score (nSPS) is 14.3. The summed E-state index contributed by atoms with van der Waals surface area (Å²) < 4.78 is 0. The molecule has 0 aliphatic carbocycles. The zero-order valence-electron chi connectivity index (χ0n) is 16.3. The molecule has 0 aromatic heterocycles. The van der Waals surface area contributed by atoms with Crippen LogP contribution in [0, 0.1) is 5.92 Å². The van der Waals surface area contributed by atoms with Gasteiger partial charge < -0.3 is 15.5 Å². The van der Waals surface area contributed by atoms with Crippen molar-refractivity contribution in [3.63, 3.8) is 0 Å². The van der Waals surface area contributed by atoms with Gasteiger partial charge in [-0.15, -0.1) is 0 Å². The summed E-state index contributed by atoms with van der Waals surface area (Å²) in [7, 11) is 0. The van der Waals surface area contributed by atoms with E-state index < -0.39 is 0 Å². The Morgan fingerprint density at radius 2 is 1.76 bits per heavy atom. The Labute approximate surface area is 175 Å². The lowest BCUT2D eigenvalue weighted by Gasteiger charge is -2.31. The first kappa shape index (κ1) is 20.9. The molecule has 1 saturated heterocycles. The number of nitrogens with one attached hydrogen (secondary N) is 2. The molecule has 1 aliphatic rings. The molecule has 29 heavy (non-hydrogen) atoms. The van der Waals surface area contributed by atoms with Gasteiger partial charge in [0.2, 0.25) is 11.8 Å². The molecule has 0 atom stereocenters. The predicted molar refractivity (Wildman–Crippen MR) is 113 cm³/mol. The van der Waals surface area contributed by atoms with Gasteiger partial charge in [-0.2, -0.15) is 0 Å². The third kappa shape index (κ3) is 5.81. The van der Waals surface area contributed by atoms with Crippen molar-refractivity contribution in [3.05, 3.63) is 64.7 Å². The van der Waals surface area contributed by atoms with Gasteiger partial charge in [0.1, 0.15) is 0 Å². The van der Waals surface area contributed by atoms with Crippen molar-refractivity contribution in [1.82, 2.24) is 10.2 Å². The topological polar surface area (TPSA) is 78.5 Å². The van der Waals surface area contributed by atoms with E-state index in [2.05, 4.69) is 10.6 Å². The molecule has 1 aliphatic heterocycles. The number of hydrogen-bond acceptors (Lipinski definition) is 3. The largest absolute Gasteiger partial charge is 0.352 e. The Kier molecular flexibility index (Phi) is 6.88. The van der Waals surface area contributed by atoms with Crippen LogP contribution in [0.2, 0.25) is 5.02 Å². The Hall–Kier alpha value is -2.86. The van der Waals surface area contributed by atoms with Crippen molar-refractivity contribution >= 4 is 35.0 Å². The summed E-state index contributed by atoms with van der Waals surface area (Å²) in [6, 6.07) is 14.2. The minimum Gasteiger partial charge on any atom is -0.352 e. The van der Waals surface area contributed by atoms with Crippen LogP contribution in [0.3, 0.4) is 0 Å². The van der Waals surface area contributed by atoms with Gasteiger partial charge in [-0.05, 0) is 54.8 Å². The molecule has 1 heterocycles. The van der Waals surface area contributed by atoms with Crippen LogP contribution in [0.15, 0.2) is 48.5 Å². The fraction of sp³-hybridized carbons (Fsp3) is 0.318. The van der Waals surface area contributed by atoms with Gasteiger partial charge >= 0.3 is 0 Å². The average molecular weight is 414 g/mol. The summed E-state index contributed by atoms with van der Waals surface area (Å²) in [5, 5.41) is 6.29. The van der Waals surface area contributed by atoms with Crippen LogP contribution >= 0.6 is 11.6 Å². The van der Waals surface area contributed by atoms with Gasteiger partial charge in [0, 0.05) is 48.7 Å². The summed E-state index contributed by atoms with van der Waals surface area (Å²) in [5.41, 5.74) is 2.23. The van der Waals surface area contributed by atoms with Crippen molar-refractivity contribution in [2.75, 3.05) is 18.4 Å². The maximum atomic E-state index is 12.6. The number of rotatable bonds is 5. The van der Waals surface area contributed by atoms with Crippen LogP contribution in [0.5, 0.6) is 0 Å². The average Bonchev–Trinajstić information content (AvgIpc) is 2.72. The molecule has 3 rings (SSSR count). The molecule has 3 amide bonds. The lowest BCUT2D eigenvalue weighted by atomic mass is 9.95. The number of hydrogen-bond donors (Lipinski definition) is 2. The number of carbonyl (C=O) groups is 3. The van der Waals surface area contributed by atoms with E-state index in [-0.39, 0.29) is 23.6 Å². The molecule has 2 aromatic carbocycles. The van der Waals surface area contributed by atoms with Crippen molar-refractivity contribution < 1.29 is 14.4 Å². The van der Waals surface area contributed by atoms with E-state index in [0.29, 0.717) is 48.7 Å². The number of piperidine rings is 1. The van der Waals surface area contributed by atoms with Crippen molar-refractivity contribution in [3.8, 4) is 0 Å². The quantitative estimate of drug-likeness (QED) is 0.787. The van der Waals surface area contributed by atoms with E-state index in [1.807, 2.05) is 18.2 Å². The van der Waals surface area contributed by atoms with Crippen LogP contribution in [0.1, 0.15) is 35.7 Å². The minimum absolute atomic E-state index is 0.00600. The third-order valence-corrected chi connectivity index (χ3v) is 5.21. The monoisotopic (exact) mass is 413 g/mol. The zero-order chi connectivity index (χ0) is 20.8.